The summed E-state index contributed by atoms with van der Waals surface area (Å²) in [4.78, 5) is 34.5. The van der Waals surface area contributed by atoms with Gasteiger partial charge in [0.05, 0.1) is 17.4 Å². The fraction of sp³-hybridized carbons (Fsp3) is 0.400. The third-order valence-corrected chi connectivity index (χ3v) is 5.19. The SMILES string of the molecule is O=C(CN(C[C@@H]1C[C@@H]1F)C(=O)c1ccc(C2CC2)cc1)Nc1ncc(Cl)cn1. The van der Waals surface area contributed by atoms with Gasteiger partial charge in [-0.1, -0.05) is 23.7 Å². The summed E-state index contributed by atoms with van der Waals surface area (Å²) in [5.74, 6) is -0.237. The van der Waals surface area contributed by atoms with Gasteiger partial charge in [0.25, 0.3) is 5.91 Å². The number of amides is 2. The van der Waals surface area contributed by atoms with Gasteiger partial charge in [0.1, 0.15) is 12.7 Å². The van der Waals surface area contributed by atoms with E-state index in [4.69, 9.17) is 11.6 Å². The molecule has 2 atom stereocenters. The molecule has 2 amide bonds. The Labute approximate surface area is 167 Å². The first-order valence-electron chi connectivity index (χ1n) is 9.30. The molecule has 146 valence electrons. The summed E-state index contributed by atoms with van der Waals surface area (Å²) < 4.78 is 13.4. The molecule has 1 heterocycles. The highest BCUT2D eigenvalue weighted by Crippen LogP contribution is 2.40. The minimum absolute atomic E-state index is 0.102. The fourth-order valence-corrected chi connectivity index (χ4v) is 3.21. The second-order valence-electron chi connectivity index (χ2n) is 7.37. The lowest BCUT2D eigenvalue weighted by atomic mass is 10.1. The second kappa shape index (κ2) is 7.83. The van der Waals surface area contributed by atoms with Crippen molar-refractivity contribution in [2.75, 3.05) is 18.4 Å². The number of alkyl halides is 1. The lowest BCUT2D eigenvalue weighted by molar-refractivity contribution is -0.117. The average Bonchev–Trinajstić information content (AvgIpc) is 3.61. The number of halogens is 2. The predicted octanol–water partition coefficient (Wildman–Crippen LogP) is 3.45. The van der Waals surface area contributed by atoms with Crippen LogP contribution in [0.25, 0.3) is 0 Å². The van der Waals surface area contributed by atoms with Crippen molar-refractivity contribution in [3.63, 3.8) is 0 Å². The smallest absolute Gasteiger partial charge is 0.254 e. The van der Waals surface area contributed by atoms with Crippen LogP contribution in [0.5, 0.6) is 0 Å². The van der Waals surface area contributed by atoms with Crippen molar-refractivity contribution in [2.45, 2.75) is 31.4 Å². The Bertz CT molecular complexity index is 871. The van der Waals surface area contributed by atoms with Gasteiger partial charge in [-0.15, -0.1) is 0 Å². The third-order valence-electron chi connectivity index (χ3n) is 4.99. The molecule has 2 fully saturated rings. The van der Waals surface area contributed by atoms with Crippen LogP contribution in [0.2, 0.25) is 5.02 Å². The van der Waals surface area contributed by atoms with E-state index < -0.39 is 12.1 Å². The van der Waals surface area contributed by atoms with E-state index in [-0.39, 0.29) is 30.9 Å². The lowest BCUT2D eigenvalue weighted by Gasteiger charge is -2.22. The van der Waals surface area contributed by atoms with Crippen LogP contribution < -0.4 is 5.32 Å². The number of aromatic nitrogens is 2. The lowest BCUT2D eigenvalue weighted by Crippen LogP contribution is -2.39. The molecule has 1 aromatic carbocycles. The van der Waals surface area contributed by atoms with Gasteiger partial charge in [0.2, 0.25) is 11.9 Å². The number of anilines is 1. The van der Waals surface area contributed by atoms with Gasteiger partial charge in [-0.2, -0.15) is 0 Å². The van der Waals surface area contributed by atoms with Gasteiger partial charge >= 0.3 is 0 Å². The molecule has 4 rings (SSSR count). The standard InChI is InChI=1S/C20H20ClFN4O2/c21-16-8-23-20(24-9-16)25-18(27)11-26(10-15-7-17(15)22)19(28)14-5-3-13(4-6-14)12-1-2-12/h3-6,8-9,12,15,17H,1-2,7,10-11H2,(H,23,24,25,27)/t15-,17-/m0/s1. The van der Waals surface area contributed by atoms with E-state index in [0.717, 1.165) is 0 Å². The van der Waals surface area contributed by atoms with E-state index in [9.17, 15) is 14.0 Å². The van der Waals surface area contributed by atoms with Crippen molar-refractivity contribution < 1.29 is 14.0 Å². The van der Waals surface area contributed by atoms with Crippen molar-refractivity contribution >= 4 is 29.4 Å². The molecule has 0 bridgehead atoms. The third kappa shape index (κ3) is 4.65. The van der Waals surface area contributed by atoms with Crippen LogP contribution in [0.3, 0.4) is 0 Å². The molecular weight excluding hydrogens is 383 g/mol. The summed E-state index contributed by atoms with van der Waals surface area (Å²) in [5.41, 5.74) is 1.72. The molecule has 0 aliphatic heterocycles. The van der Waals surface area contributed by atoms with Crippen LogP contribution in [-0.4, -0.2) is 45.9 Å². The van der Waals surface area contributed by atoms with E-state index in [1.807, 2.05) is 12.1 Å². The van der Waals surface area contributed by atoms with E-state index in [1.165, 1.54) is 35.7 Å². The monoisotopic (exact) mass is 402 g/mol. The summed E-state index contributed by atoms with van der Waals surface area (Å²) >= 11 is 5.73. The molecule has 1 N–H and O–H groups in total. The van der Waals surface area contributed by atoms with E-state index >= 15 is 0 Å². The first-order valence-corrected chi connectivity index (χ1v) is 9.68. The molecule has 28 heavy (non-hydrogen) atoms. The van der Waals surface area contributed by atoms with Crippen LogP contribution in [0.15, 0.2) is 36.7 Å². The molecule has 0 spiro atoms. The van der Waals surface area contributed by atoms with Gasteiger partial charge in [-0.05, 0) is 42.9 Å². The van der Waals surface area contributed by atoms with Crippen molar-refractivity contribution in [3.05, 3.63) is 52.8 Å². The Hall–Kier alpha value is -2.54. The molecule has 0 unspecified atom stereocenters. The van der Waals surface area contributed by atoms with Gasteiger partial charge < -0.3 is 4.90 Å². The van der Waals surface area contributed by atoms with Gasteiger partial charge in [-0.3, -0.25) is 14.9 Å². The molecule has 2 aliphatic carbocycles. The van der Waals surface area contributed by atoms with Gasteiger partial charge in [0.15, 0.2) is 0 Å². The zero-order valence-electron chi connectivity index (χ0n) is 15.1. The molecule has 1 aromatic heterocycles. The fourth-order valence-electron chi connectivity index (χ4n) is 3.11. The minimum Gasteiger partial charge on any atom is -0.329 e. The van der Waals surface area contributed by atoms with Crippen molar-refractivity contribution in [3.8, 4) is 0 Å². The number of carbonyl (C=O) groups is 2. The van der Waals surface area contributed by atoms with Crippen molar-refractivity contribution in [2.24, 2.45) is 5.92 Å². The Balaban J connectivity index is 1.43. The van der Waals surface area contributed by atoms with Crippen LogP contribution in [-0.2, 0) is 4.79 Å². The van der Waals surface area contributed by atoms with Crippen molar-refractivity contribution in [1.29, 1.82) is 0 Å². The number of nitrogens with one attached hydrogen (secondary N) is 1. The number of rotatable bonds is 7. The van der Waals surface area contributed by atoms with E-state index in [0.29, 0.717) is 22.9 Å². The average molecular weight is 403 g/mol. The van der Waals surface area contributed by atoms with Crippen LogP contribution in [0, 0.1) is 5.92 Å². The summed E-state index contributed by atoms with van der Waals surface area (Å²) in [7, 11) is 0. The molecule has 2 aromatic rings. The topological polar surface area (TPSA) is 75.2 Å². The summed E-state index contributed by atoms with van der Waals surface area (Å²) in [6.07, 6.45) is 4.62. The number of carbonyl (C=O) groups excluding carboxylic acids is 2. The van der Waals surface area contributed by atoms with Gasteiger partial charge in [-0.25, -0.2) is 14.4 Å². The molecule has 2 saturated carbocycles. The van der Waals surface area contributed by atoms with E-state index in [2.05, 4.69) is 15.3 Å². The van der Waals surface area contributed by atoms with Crippen LogP contribution in [0.4, 0.5) is 10.3 Å². The molecular formula is C20H20ClFN4O2. The molecule has 0 radical (unpaired) electrons. The first-order chi connectivity index (χ1) is 13.5. The minimum atomic E-state index is -0.907. The maximum atomic E-state index is 13.4. The maximum absolute atomic E-state index is 13.4. The Morgan fingerprint density at radius 1 is 1.18 bits per heavy atom. The second-order valence-corrected chi connectivity index (χ2v) is 7.80. The summed E-state index contributed by atoms with van der Waals surface area (Å²) in [5, 5.41) is 2.89. The Morgan fingerprint density at radius 2 is 1.82 bits per heavy atom. The quantitative estimate of drug-likeness (QED) is 0.769. The van der Waals surface area contributed by atoms with Gasteiger partial charge in [0, 0.05) is 18.0 Å². The molecule has 8 heteroatoms. The summed E-state index contributed by atoms with van der Waals surface area (Å²) in [6.45, 7) is 0.0116. The number of nitrogens with zero attached hydrogens (tertiary/aromatic N) is 3. The normalized spacial score (nSPS) is 20.5. The largest absolute Gasteiger partial charge is 0.329 e. The van der Waals surface area contributed by atoms with E-state index in [1.54, 1.807) is 12.1 Å². The zero-order chi connectivity index (χ0) is 19.7. The number of benzene rings is 1. The zero-order valence-corrected chi connectivity index (χ0v) is 15.9. The molecule has 0 saturated heterocycles. The van der Waals surface area contributed by atoms with Crippen LogP contribution >= 0.6 is 11.6 Å². The number of hydrogen-bond acceptors (Lipinski definition) is 4. The number of hydrogen-bond donors (Lipinski definition) is 1. The highest BCUT2D eigenvalue weighted by Gasteiger charge is 2.40. The highest BCUT2D eigenvalue weighted by molar-refractivity contribution is 6.30. The Kier molecular flexibility index (Phi) is 5.26. The predicted molar refractivity (Wildman–Crippen MR) is 103 cm³/mol. The summed E-state index contributed by atoms with van der Waals surface area (Å²) in [6, 6.07) is 7.48. The first kappa shape index (κ1) is 18.8. The Morgan fingerprint density at radius 3 is 2.39 bits per heavy atom. The molecule has 6 nitrogen and oxygen atoms in total. The molecule has 2 aliphatic rings. The van der Waals surface area contributed by atoms with Crippen LogP contribution in [0.1, 0.15) is 41.1 Å². The van der Waals surface area contributed by atoms with Crippen molar-refractivity contribution in [1.82, 2.24) is 14.9 Å². The highest BCUT2D eigenvalue weighted by atomic mass is 35.5. The maximum Gasteiger partial charge on any atom is 0.254 e.